The molecule has 23 heavy (non-hydrogen) atoms. The second kappa shape index (κ2) is 4.80. The van der Waals surface area contributed by atoms with E-state index in [1.54, 1.807) is 18.2 Å². The van der Waals surface area contributed by atoms with Gasteiger partial charge in [-0.1, -0.05) is 0 Å². The number of hydrogen-bond donors (Lipinski definition) is 3. The molecule has 8 heteroatoms. The number of aromatic nitrogens is 3. The highest BCUT2D eigenvalue weighted by Gasteiger charge is 2.47. The first-order valence-corrected chi connectivity index (χ1v) is 7.49. The first-order valence-electron chi connectivity index (χ1n) is 7.49. The number of nitrogens with one attached hydrogen (secondary N) is 2. The molecule has 1 aliphatic carbocycles. The van der Waals surface area contributed by atoms with Gasteiger partial charge in [0.1, 0.15) is 35.3 Å². The maximum atomic E-state index is 12.3. The number of amides is 1. The van der Waals surface area contributed by atoms with E-state index in [0.717, 1.165) is 19.3 Å². The average Bonchev–Trinajstić information content (AvgIpc) is 2.49. The lowest BCUT2D eigenvalue weighted by Crippen LogP contribution is -2.66. The van der Waals surface area contributed by atoms with Crippen molar-refractivity contribution in [2.75, 3.05) is 23.0 Å². The number of fused-ring (bicyclic) bond motifs is 1. The molecule has 0 radical (unpaired) electrons. The van der Waals surface area contributed by atoms with Gasteiger partial charge in [-0.15, -0.1) is 0 Å². The number of anilines is 4. The molecule has 3 heterocycles. The Kier molecular flexibility index (Phi) is 2.87. The third-order valence-corrected chi connectivity index (χ3v) is 4.55. The van der Waals surface area contributed by atoms with Crippen LogP contribution in [-0.2, 0) is 0 Å². The van der Waals surface area contributed by atoms with Crippen molar-refractivity contribution in [3.05, 3.63) is 30.1 Å². The van der Waals surface area contributed by atoms with Crippen molar-refractivity contribution in [2.24, 2.45) is 0 Å². The third-order valence-electron chi connectivity index (χ3n) is 4.55. The maximum Gasteiger partial charge on any atom is 0.256 e. The van der Waals surface area contributed by atoms with Crippen molar-refractivity contribution in [1.82, 2.24) is 20.3 Å². The van der Waals surface area contributed by atoms with Gasteiger partial charge >= 0.3 is 0 Å². The highest BCUT2D eigenvalue weighted by Crippen LogP contribution is 2.41. The van der Waals surface area contributed by atoms with Crippen LogP contribution in [0.25, 0.3) is 0 Å². The smallest absolute Gasteiger partial charge is 0.256 e. The van der Waals surface area contributed by atoms with Crippen molar-refractivity contribution < 1.29 is 4.79 Å². The minimum Gasteiger partial charge on any atom is -0.384 e. The number of carbonyl (C=O) groups excluding carboxylic acids is 1. The summed E-state index contributed by atoms with van der Waals surface area (Å²) in [7, 11) is 1.97. The third kappa shape index (κ3) is 2.14. The van der Waals surface area contributed by atoms with Crippen LogP contribution in [0.15, 0.2) is 24.5 Å². The van der Waals surface area contributed by atoms with E-state index < -0.39 is 0 Å². The number of rotatable bonds is 2. The van der Waals surface area contributed by atoms with Crippen molar-refractivity contribution in [1.29, 1.82) is 0 Å². The Morgan fingerprint density at radius 1 is 1.30 bits per heavy atom. The lowest BCUT2D eigenvalue weighted by molar-refractivity contribution is 0.0800. The molecule has 0 atom stereocenters. The summed E-state index contributed by atoms with van der Waals surface area (Å²) >= 11 is 0. The van der Waals surface area contributed by atoms with Gasteiger partial charge in [-0.2, -0.15) is 0 Å². The van der Waals surface area contributed by atoms with Crippen LogP contribution < -0.4 is 21.3 Å². The van der Waals surface area contributed by atoms with Crippen molar-refractivity contribution in [3.8, 4) is 0 Å². The fourth-order valence-electron chi connectivity index (χ4n) is 3.06. The number of hydrogen-bond acceptors (Lipinski definition) is 7. The molecule has 4 rings (SSSR count). The molecule has 2 aromatic heterocycles. The summed E-state index contributed by atoms with van der Waals surface area (Å²) in [5.41, 5.74) is 5.95. The first kappa shape index (κ1) is 13.7. The van der Waals surface area contributed by atoms with Gasteiger partial charge in [0.05, 0.1) is 5.56 Å². The minimum absolute atomic E-state index is 0.0665. The standard InChI is InChI=1S/C15H17N7O/c1-22-13-9(14(23)21-15(22)5-2-6-15)3-4-11(20-13)19-12-7-10(16)17-8-18-12/h3-4,7-8H,2,5-6H2,1H3,(H,21,23)(H3,16,17,18,19,20). The zero-order chi connectivity index (χ0) is 16.0. The number of nitrogens with two attached hydrogens (primary N) is 1. The van der Waals surface area contributed by atoms with Crippen LogP contribution in [0.3, 0.4) is 0 Å². The second-order valence-electron chi connectivity index (χ2n) is 5.92. The van der Waals surface area contributed by atoms with Gasteiger partial charge in [0.25, 0.3) is 5.91 Å². The molecule has 1 fully saturated rings. The van der Waals surface area contributed by atoms with Gasteiger partial charge in [-0.25, -0.2) is 15.0 Å². The molecule has 1 amide bonds. The van der Waals surface area contributed by atoms with Crippen LogP contribution in [0.1, 0.15) is 29.6 Å². The fraction of sp³-hybridized carbons (Fsp3) is 0.333. The highest BCUT2D eigenvalue weighted by atomic mass is 16.2. The number of pyridine rings is 1. The normalized spacial score (nSPS) is 18.1. The van der Waals surface area contributed by atoms with Crippen LogP contribution in [0.2, 0.25) is 0 Å². The minimum atomic E-state index is -0.283. The van der Waals surface area contributed by atoms with Crippen LogP contribution in [0.5, 0.6) is 0 Å². The lowest BCUT2D eigenvalue weighted by atomic mass is 9.81. The summed E-state index contributed by atoms with van der Waals surface area (Å²) in [6.45, 7) is 0. The predicted molar refractivity (Wildman–Crippen MR) is 86.4 cm³/mol. The Balaban J connectivity index is 1.68. The molecular formula is C15H17N7O. The average molecular weight is 311 g/mol. The number of carbonyl (C=O) groups is 1. The lowest BCUT2D eigenvalue weighted by Gasteiger charge is -2.52. The predicted octanol–water partition coefficient (Wildman–Crippen LogP) is 1.26. The van der Waals surface area contributed by atoms with Crippen molar-refractivity contribution in [3.63, 3.8) is 0 Å². The quantitative estimate of drug-likeness (QED) is 0.766. The SMILES string of the molecule is CN1c2nc(Nc3cc(N)ncn3)ccc2C(=O)NC12CCC2. The van der Waals surface area contributed by atoms with Gasteiger partial charge in [0.2, 0.25) is 0 Å². The molecule has 2 aliphatic rings. The summed E-state index contributed by atoms with van der Waals surface area (Å²) < 4.78 is 0. The Morgan fingerprint density at radius 3 is 2.83 bits per heavy atom. The van der Waals surface area contributed by atoms with Crippen LogP contribution in [0.4, 0.5) is 23.3 Å². The molecule has 0 unspecified atom stereocenters. The van der Waals surface area contributed by atoms with E-state index in [-0.39, 0.29) is 11.6 Å². The largest absolute Gasteiger partial charge is 0.384 e. The zero-order valence-corrected chi connectivity index (χ0v) is 12.7. The molecule has 0 saturated heterocycles. The molecule has 118 valence electrons. The summed E-state index contributed by atoms with van der Waals surface area (Å²) in [6.07, 6.45) is 4.38. The molecule has 4 N–H and O–H groups in total. The second-order valence-corrected chi connectivity index (χ2v) is 5.92. The van der Waals surface area contributed by atoms with Gasteiger partial charge in [0, 0.05) is 13.1 Å². The molecule has 1 saturated carbocycles. The Hall–Kier alpha value is -2.90. The summed E-state index contributed by atoms with van der Waals surface area (Å²) in [5, 5.41) is 6.19. The molecular weight excluding hydrogens is 294 g/mol. The molecule has 2 aromatic rings. The van der Waals surface area contributed by atoms with Gasteiger partial charge in [0.15, 0.2) is 0 Å². The Bertz CT molecular complexity index is 787. The number of nitrogens with zero attached hydrogens (tertiary/aromatic N) is 4. The monoisotopic (exact) mass is 311 g/mol. The van der Waals surface area contributed by atoms with Gasteiger partial charge in [-0.05, 0) is 31.4 Å². The van der Waals surface area contributed by atoms with E-state index in [1.807, 2.05) is 7.05 Å². The first-order chi connectivity index (χ1) is 11.1. The maximum absolute atomic E-state index is 12.3. The molecule has 0 bridgehead atoms. The Morgan fingerprint density at radius 2 is 2.13 bits per heavy atom. The van der Waals surface area contributed by atoms with E-state index in [2.05, 4.69) is 30.5 Å². The molecule has 1 aliphatic heterocycles. The Labute approximate surface area is 133 Å². The highest BCUT2D eigenvalue weighted by molar-refractivity contribution is 6.02. The summed E-state index contributed by atoms with van der Waals surface area (Å²) in [6, 6.07) is 5.15. The summed E-state index contributed by atoms with van der Waals surface area (Å²) in [5.74, 6) is 2.16. The van der Waals surface area contributed by atoms with Crippen LogP contribution in [0, 0.1) is 0 Å². The molecule has 1 spiro atoms. The van der Waals surface area contributed by atoms with Gasteiger partial charge in [-0.3, -0.25) is 4.79 Å². The van der Waals surface area contributed by atoms with E-state index in [0.29, 0.717) is 28.8 Å². The number of nitrogen functional groups attached to an aromatic ring is 1. The van der Waals surface area contributed by atoms with E-state index in [4.69, 9.17) is 5.73 Å². The summed E-state index contributed by atoms with van der Waals surface area (Å²) in [4.78, 5) is 26.9. The topological polar surface area (TPSA) is 109 Å². The van der Waals surface area contributed by atoms with E-state index >= 15 is 0 Å². The molecule has 0 aromatic carbocycles. The van der Waals surface area contributed by atoms with Crippen LogP contribution in [-0.4, -0.2) is 33.6 Å². The van der Waals surface area contributed by atoms with Crippen LogP contribution >= 0.6 is 0 Å². The molecule has 8 nitrogen and oxygen atoms in total. The van der Waals surface area contributed by atoms with Crippen molar-refractivity contribution in [2.45, 2.75) is 24.9 Å². The zero-order valence-electron chi connectivity index (χ0n) is 12.7. The van der Waals surface area contributed by atoms with E-state index in [1.165, 1.54) is 6.33 Å². The fourth-order valence-corrected chi connectivity index (χ4v) is 3.06. The van der Waals surface area contributed by atoms with Crippen molar-refractivity contribution >= 4 is 29.2 Å². The van der Waals surface area contributed by atoms with Gasteiger partial charge < -0.3 is 21.3 Å². The van der Waals surface area contributed by atoms with E-state index in [9.17, 15) is 4.79 Å².